The van der Waals surface area contributed by atoms with Gasteiger partial charge in [-0.25, -0.2) is 4.99 Å². The first-order valence-electron chi connectivity index (χ1n) is 10.1. The van der Waals surface area contributed by atoms with Gasteiger partial charge in [0.05, 0.1) is 5.70 Å². The maximum Gasteiger partial charge on any atom is 0.266 e. The van der Waals surface area contributed by atoms with Gasteiger partial charge in [0.2, 0.25) is 0 Å². The van der Waals surface area contributed by atoms with Gasteiger partial charge in [0, 0.05) is 30.5 Å². The van der Waals surface area contributed by atoms with E-state index in [0.717, 1.165) is 47.1 Å². The molecule has 3 rings (SSSR count). The Morgan fingerprint density at radius 3 is 2.59 bits per heavy atom. The third kappa shape index (κ3) is 4.28. The summed E-state index contributed by atoms with van der Waals surface area (Å²) in [6.45, 7) is 12.9. The van der Waals surface area contributed by atoms with Gasteiger partial charge < -0.3 is 9.94 Å². The third-order valence-electron chi connectivity index (χ3n) is 5.91. The molecule has 1 aliphatic rings. The molecule has 0 unspecified atom stereocenters. The van der Waals surface area contributed by atoms with Gasteiger partial charge in [0.15, 0.2) is 5.69 Å². The Kier molecular flexibility index (Phi) is 5.96. The molecular formula is C23H32N4O2. The summed E-state index contributed by atoms with van der Waals surface area (Å²) in [5.41, 5.74) is 8.19. The lowest BCUT2D eigenvalue weighted by Gasteiger charge is -2.29. The van der Waals surface area contributed by atoms with Gasteiger partial charge in [0.25, 0.3) is 5.90 Å². The monoisotopic (exact) mass is 396 g/mol. The van der Waals surface area contributed by atoms with Gasteiger partial charge in [-0.05, 0) is 73.8 Å². The lowest BCUT2D eigenvalue weighted by molar-refractivity contribution is 0.299. The van der Waals surface area contributed by atoms with Crippen molar-refractivity contribution in [1.29, 1.82) is 0 Å². The predicted octanol–water partition coefficient (Wildman–Crippen LogP) is 3.39. The largest absolute Gasteiger partial charge is 0.396 e. The van der Waals surface area contributed by atoms with Gasteiger partial charge in [-0.1, -0.05) is 20.4 Å². The molecule has 0 spiro atoms. The second-order valence-electron chi connectivity index (χ2n) is 8.78. The Balaban J connectivity index is 1.97. The highest BCUT2D eigenvalue weighted by Gasteiger charge is 2.32. The number of aromatic nitrogens is 2. The summed E-state index contributed by atoms with van der Waals surface area (Å²) in [7, 11) is 1.96. The molecule has 0 aliphatic heterocycles. The Bertz CT molecular complexity index is 946. The minimum absolute atomic E-state index is 0.132. The van der Waals surface area contributed by atoms with Gasteiger partial charge in [0.1, 0.15) is 0 Å². The van der Waals surface area contributed by atoms with E-state index in [4.69, 9.17) is 10.7 Å². The zero-order chi connectivity index (χ0) is 21.3. The molecule has 0 radical (unpaired) electrons. The molecule has 0 bridgehead atoms. The van der Waals surface area contributed by atoms with Crippen LogP contribution in [-0.4, -0.2) is 27.4 Å². The summed E-state index contributed by atoms with van der Waals surface area (Å²) in [5.74, 6) is 5.89. The second kappa shape index (κ2) is 8.13. The molecule has 1 aromatic carbocycles. The first-order valence-corrected chi connectivity index (χ1v) is 10.1. The zero-order valence-electron chi connectivity index (χ0n) is 18.2. The van der Waals surface area contributed by atoms with Crippen LogP contribution in [0.2, 0.25) is 0 Å². The fourth-order valence-corrected chi connectivity index (χ4v) is 4.25. The maximum absolute atomic E-state index is 9.28. The van der Waals surface area contributed by atoms with Gasteiger partial charge >= 0.3 is 0 Å². The van der Waals surface area contributed by atoms with Crippen molar-refractivity contribution in [2.75, 3.05) is 6.61 Å². The van der Waals surface area contributed by atoms with Crippen LogP contribution in [0.3, 0.4) is 0 Å². The summed E-state index contributed by atoms with van der Waals surface area (Å²) < 4.78 is 1.92. The average molecular weight is 397 g/mol. The van der Waals surface area contributed by atoms with Crippen LogP contribution < -0.4 is 5.90 Å². The summed E-state index contributed by atoms with van der Waals surface area (Å²) in [4.78, 5) is 9.76. The molecule has 1 heterocycles. The number of hydrogen-bond acceptors (Lipinski definition) is 5. The van der Waals surface area contributed by atoms with Gasteiger partial charge in [-0.15, -0.1) is 0 Å². The molecule has 2 aromatic rings. The number of rotatable bonds is 5. The first-order chi connectivity index (χ1) is 13.7. The van der Waals surface area contributed by atoms with Crippen molar-refractivity contribution in [3.63, 3.8) is 0 Å². The molecular weight excluding hydrogens is 364 g/mol. The fourth-order valence-electron chi connectivity index (χ4n) is 4.25. The van der Waals surface area contributed by atoms with Crippen molar-refractivity contribution in [3.05, 3.63) is 57.9 Å². The quantitative estimate of drug-likeness (QED) is 0.461. The number of nitrogens with zero attached hydrogens (tertiary/aromatic N) is 3. The number of aryl methyl sites for hydroxylation is 3. The van der Waals surface area contributed by atoms with Crippen molar-refractivity contribution >= 4 is 11.6 Å². The molecule has 29 heavy (non-hydrogen) atoms. The maximum atomic E-state index is 9.28. The van der Waals surface area contributed by atoms with E-state index >= 15 is 0 Å². The Hall–Kier alpha value is -2.44. The van der Waals surface area contributed by atoms with Crippen LogP contribution in [0.25, 0.3) is 5.70 Å². The first kappa shape index (κ1) is 21.3. The molecule has 156 valence electrons. The molecule has 0 fully saturated rings. The molecule has 0 saturated heterocycles. The summed E-state index contributed by atoms with van der Waals surface area (Å²) in [6, 6.07) is 4.07. The lowest BCUT2D eigenvalue weighted by atomic mass is 9.76. The van der Waals surface area contributed by atoms with E-state index in [1.807, 2.05) is 37.7 Å². The molecule has 6 nitrogen and oxygen atoms in total. The smallest absolute Gasteiger partial charge is 0.266 e. The van der Waals surface area contributed by atoms with Crippen LogP contribution in [0.15, 0.2) is 23.7 Å². The summed E-state index contributed by atoms with van der Waals surface area (Å²) in [6.07, 6.45) is 3.62. The normalized spacial score (nSPS) is 15.9. The second-order valence-corrected chi connectivity index (χ2v) is 8.78. The van der Waals surface area contributed by atoms with E-state index in [-0.39, 0.29) is 12.0 Å². The minimum atomic E-state index is 0.132. The number of aliphatic hydroxyl groups excluding tert-OH is 1. The fraction of sp³-hybridized carbons (Fsp3) is 0.478. The lowest BCUT2D eigenvalue weighted by Crippen LogP contribution is -2.24. The predicted molar refractivity (Wildman–Crippen MR) is 117 cm³/mol. The van der Waals surface area contributed by atoms with Crippen molar-refractivity contribution in [2.24, 2.45) is 23.4 Å². The third-order valence-corrected chi connectivity index (χ3v) is 5.91. The van der Waals surface area contributed by atoms with E-state index in [1.165, 1.54) is 5.69 Å². The number of nitrogens with two attached hydrogens (primary N) is 1. The Labute approximate surface area is 173 Å². The molecule has 1 aliphatic carbocycles. The van der Waals surface area contributed by atoms with E-state index in [1.54, 1.807) is 0 Å². The number of aliphatic imine (C=N–C) groups is 1. The van der Waals surface area contributed by atoms with E-state index in [9.17, 15) is 5.11 Å². The summed E-state index contributed by atoms with van der Waals surface area (Å²) >= 11 is 0. The van der Waals surface area contributed by atoms with Crippen molar-refractivity contribution < 1.29 is 9.94 Å². The van der Waals surface area contributed by atoms with Crippen molar-refractivity contribution in [3.8, 4) is 0 Å². The number of aliphatic hydroxyl groups is 1. The highest BCUT2D eigenvalue weighted by atomic mass is 16.6. The Morgan fingerprint density at radius 2 is 2.00 bits per heavy atom. The highest BCUT2D eigenvalue weighted by molar-refractivity contribution is 5.97. The summed E-state index contributed by atoms with van der Waals surface area (Å²) in [5, 5.41) is 13.9. The average Bonchev–Trinajstić information content (AvgIpc) is 2.97. The van der Waals surface area contributed by atoms with Crippen LogP contribution >= 0.6 is 0 Å². The molecule has 0 atom stereocenters. The van der Waals surface area contributed by atoms with E-state index < -0.39 is 0 Å². The minimum Gasteiger partial charge on any atom is -0.396 e. The van der Waals surface area contributed by atoms with Crippen molar-refractivity contribution in [1.82, 2.24) is 9.78 Å². The van der Waals surface area contributed by atoms with Crippen LogP contribution in [0.5, 0.6) is 0 Å². The topological polar surface area (TPSA) is 85.7 Å². The Morgan fingerprint density at radius 1 is 1.34 bits per heavy atom. The highest BCUT2D eigenvalue weighted by Crippen LogP contribution is 2.36. The molecule has 1 aromatic heterocycles. The van der Waals surface area contributed by atoms with E-state index in [0.29, 0.717) is 23.7 Å². The SMILES string of the molecule is C=C(/N=C(\ON)c1nn(C)c2c1CCC(C)(C)C2)c1cc(C)c(CCO)c(C)c1. The van der Waals surface area contributed by atoms with Crippen molar-refractivity contribution in [2.45, 2.75) is 53.4 Å². The molecule has 6 heteroatoms. The molecule has 0 saturated carbocycles. The van der Waals surface area contributed by atoms with Crippen LogP contribution in [-0.2, 0) is 31.1 Å². The number of benzene rings is 1. The molecule has 0 amide bonds. The van der Waals surface area contributed by atoms with Crippen LogP contribution in [0, 0.1) is 19.3 Å². The van der Waals surface area contributed by atoms with E-state index in [2.05, 4.69) is 30.5 Å². The molecule has 3 N–H and O–H groups in total. The number of fused-ring (bicyclic) bond motifs is 1. The van der Waals surface area contributed by atoms with Gasteiger partial charge in [-0.3, -0.25) is 4.68 Å². The standard InChI is InChI=1S/C23H32N4O2/c1-14-11-17(12-15(2)18(14)8-10-28)16(3)25-22(29-24)21-19-7-9-23(4,5)13-20(19)27(6)26-21/h11-12,28H,3,7-10,13,24H2,1-2,4-6H3/b25-22-. The number of hydrogen-bond donors (Lipinski definition) is 2. The van der Waals surface area contributed by atoms with Gasteiger partial charge in [-0.2, -0.15) is 11.0 Å². The zero-order valence-corrected chi connectivity index (χ0v) is 18.2. The van der Waals surface area contributed by atoms with Crippen LogP contribution in [0.4, 0.5) is 0 Å². The van der Waals surface area contributed by atoms with Crippen LogP contribution in [0.1, 0.15) is 59.5 Å².